The number of rotatable bonds is 0. The molecule has 0 heterocycles. The van der Waals surface area contributed by atoms with E-state index < -0.39 is 0 Å². The number of fused-ring (bicyclic) bond motifs is 1. The van der Waals surface area contributed by atoms with E-state index in [0.29, 0.717) is 0 Å². The monoisotopic (exact) mass is 284 g/mol. The van der Waals surface area contributed by atoms with E-state index in [1.165, 1.54) is 5.56 Å². The second kappa shape index (κ2) is 4.61. The molecule has 0 spiro atoms. The van der Waals surface area contributed by atoms with E-state index in [9.17, 15) is 4.39 Å². The number of benzene rings is 1. The molecule has 1 aliphatic rings. The summed E-state index contributed by atoms with van der Waals surface area (Å²) in [5.41, 5.74) is 2.00. The molecule has 0 aromatic heterocycles. The second-order valence-corrected chi connectivity index (χ2v) is 6.54. The van der Waals surface area contributed by atoms with Crippen LogP contribution in [0.15, 0.2) is 18.2 Å². The molecule has 0 unspecified atom stereocenters. The van der Waals surface area contributed by atoms with Crippen LogP contribution in [0.4, 0.5) is 4.39 Å². The first-order chi connectivity index (χ1) is 8.14. The zero-order valence-corrected chi connectivity index (χ0v) is 13.6. The summed E-state index contributed by atoms with van der Waals surface area (Å²) < 4.78 is 14.1. The normalized spacial score (nSPS) is 21.7. The minimum atomic E-state index is -0.128. The third-order valence-corrected chi connectivity index (χ3v) is 5.44. The molecule has 0 fully saturated rings. The fraction of sp³-hybridized carbons (Fsp3) is 0.600. The van der Waals surface area contributed by atoms with Crippen LogP contribution in [0.3, 0.4) is 0 Å². The Balaban J connectivity index is 0.000000771. The van der Waals surface area contributed by atoms with E-state index >= 15 is 0 Å². The summed E-state index contributed by atoms with van der Waals surface area (Å²) in [6.45, 7) is 13.2. The number of hydrogen-bond donors (Lipinski definition) is 0. The minimum Gasteiger partial charge on any atom is -0.207 e. The quantitative estimate of drug-likeness (QED) is 0.692. The molecule has 3 heteroatoms. The molecule has 1 aromatic rings. The van der Waals surface area contributed by atoms with Crippen molar-refractivity contribution < 1.29 is 4.39 Å². The Morgan fingerprint density at radius 3 is 1.83 bits per heavy atom. The zero-order valence-electron chi connectivity index (χ0n) is 11.9. The molecule has 1 aliphatic carbocycles. The van der Waals surface area contributed by atoms with Crippen molar-refractivity contribution in [3.63, 3.8) is 0 Å². The topological polar surface area (TPSA) is 0 Å². The maximum absolute atomic E-state index is 14.1. The molecule has 0 aliphatic heterocycles. The molecule has 0 saturated carbocycles. The van der Waals surface area contributed by atoms with Gasteiger partial charge in [0.05, 0.1) is 0 Å². The fourth-order valence-electron chi connectivity index (χ4n) is 3.11. The van der Waals surface area contributed by atoms with Gasteiger partial charge in [0.25, 0.3) is 0 Å². The lowest BCUT2D eigenvalue weighted by Gasteiger charge is -2.44. The highest BCUT2D eigenvalue weighted by atomic mass is 32.8. The highest BCUT2D eigenvalue weighted by Crippen LogP contribution is 2.61. The Morgan fingerprint density at radius 1 is 0.889 bits per heavy atom. The Labute approximate surface area is 120 Å². The van der Waals surface area contributed by atoms with Gasteiger partial charge in [0, 0.05) is 22.4 Å². The van der Waals surface area contributed by atoms with Crippen LogP contribution in [-0.4, -0.2) is 0 Å². The van der Waals surface area contributed by atoms with E-state index in [1.54, 1.807) is 6.07 Å². The third kappa shape index (κ3) is 1.75. The smallest absolute Gasteiger partial charge is 0.127 e. The molecule has 0 bridgehead atoms. The molecule has 0 N–H and O–H groups in total. The summed E-state index contributed by atoms with van der Waals surface area (Å²) in [6.07, 6.45) is 0. The molecule has 2 rings (SSSR count). The van der Waals surface area contributed by atoms with Gasteiger partial charge in [-0.15, -0.1) is 0 Å². The predicted molar refractivity (Wildman–Crippen MR) is 81.0 cm³/mol. The van der Waals surface area contributed by atoms with E-state index in [-0.39, 0.29) is 22.1 Å². The molecular formula is C15H21FS2. The standard InChI is InChI=1S/C15H21F.S2/c1-13(2)10-8-7-9-11(16)12(10)14(3,4)15(13,5)6;1-2/h7-9H,1-6H3;. The Bertz CT molecular complexity index is 462. The van der Waals surface area contributed by atoms with Gasteiger partial charge >= 0.3 is 0 Å². The van der Waals surface area contributed by atoms with Crippen LogP contribution < -0.4 is 0 Å². The van der Waals surface area contributed by atoms with Gasteiger partial charge in [0.2, 0.25) is 0 Å². The van der Waals surface area contributed by atoms with E-state index in [0.717, 1.165) is 5.56 Å². The van der Waals surface area contributed by atoms with Crippen LogP contribution in [0.2, 0.25) is 0 Å². The summed E-state index contributed by atoms with van der Waals surface area (Å²) in [6, 6.07) is 5.49. The van der Waals surface area contributed by atoms with Gasteiger partial charge in [0.15, 0.2) is 0 Å². The van der Waals surface area contributed by atoms with Crippen molar-refractivity contribution in [1.82, 2.24) is 0 Å². The Kier molecular flexibility index (Phi) is 4.00. The average Bonchev–Trinajstić information content (AvgIpc) is 2.39. The van der Waals surface area contributed by atoms with E-state index in [4.69, 9.17) is 0 Å². The van der Waals surface area contributed by atoms with Crippen LogP contribution in [0.25, 0.3) is 0 Å². The molecule has 18 heavy (non-hydrogen) atoms. The van der Waals surface area contributed by atoms with Crippen molar-refractivity contribution in [1.29, 1.82) is 0 Å². The summed E-state index contributed by atoms with van der Waals surface area (Å²) in [5, 5.41) is 0. The van der Waals surface area contributed by atoms with Gasteiger partial charge in [-0.05, 0) is 33.4 Å². The molecule has 1 aromatic carbocycles. The molecule has 0 radical (unpaired) electrons. The van der Waals surface area contributed by atoms with Gasteiger partial charge in [-0.3, -0.25) is 0 Å². The first kappa shape index (κ1) is 15.6. The lowest BCUT2D eigenvalue weighted by atomic mass is 9.59. The first-order valence-electron chi connectivity index (χ1n) is 6.10. The van der Waals surface area contributed by atoms with Gasteiger partial charge in [0.1, 0.15) is 5.82 Å². The van der Waals surface area contributed by atoms with Crippen LogP contribution in [-0.2, 0) is 33.2 Å². The summed E-state index contributed by atoms with van der Waals surface area (Å²) in [7, 11) is 0. The SMILES string of the molecule is CC1(C)c2cccc(F)c2C(C)(C)C1(C)C.S=S. The summed E-state index contributed by atoms with van der Waals surface area (Å²) in [4.78, 5) is 0. The summed E-state index contributed by atoms with van der Waals surface area (Å²) in [5.74, 6) is -0.0545. The minimum absolute atomic E-state index is 0.00787. The molecule has 0 atom stereocenters. The van der Waals surface area contributed by atoms with Crippen LogP contribution in [0.1, 0.15) is 52.7 Å². The van der Waals surface area contributed by atoms with E-state index in [2.05, 4.69) is 70.0 Å². The van der Waals surface area contributed by atoms with Gasteiger partial charge in [-0.2, -0.15) is 0 Å². The zero-order chi connectivity index (χ0) is 14.4. The lowest BCUT2D eigenvalue weighted by molar-refractivity contribution is 0.123. The molecule has 0 nitrogen and oxygen atoms in total. The highest BCUT2D eigenvalue weighted by Gasteiger charge is 2.57. The van der Waals surface area contributed by atoms with Crippen LogP contribution in [0, 0.1) is 11.2 Å². The fourth-order valence-corrected chi connectivity index (χ4v) is 3.11. The van der Waals surface area contributed by atoms with E-state index in [1.807, 2.05) is 6.07 Å². The van der Waals surface area contributed by atoms with Crippen LogP contribution >= 0.6 is 0 Å². The average molecular weight is 284 g/mol. The molecule has 100 valence electrons. The predicted octanol–water partition coefficient (Wildman–Crippen LogP) is 4.42. The van der Waals surface area contributed by atoms with Crippen molar-refractivity contribution in [3.05, 3.63) is 35.1 Å². The molecular weight excluding hydrogens is 263 g/mol. The number of halogens is 1. The third-order valence-electron chi connectivity index (χ3n) is 5.44. The first-order valence-corrected chi connectivity index (χ1v) is 7.43. The second-order valence-electron chi connectivity index (χ2n) is 6.54. The van der Waals surface area contributed by atoms with Crippen molar-refractivity contribution in [3.8, 4) is 0 Å². The number of hydrogen-bond acceptors (Lipinski definition) is 2. The lowest BCUT2D eigenvalue weighted by Crippen LogP contribution is -2.42. The van der Waals surface area contributed by atoms with Crippen molar-refractivity contribution in [2.45, 2.75) is 52.4 Å². The van der Waals surface area contributed by atoms with Gasteiger partial charge < -0.3 is 0 Å². The highest BCUT2D eigenvalue weighted by molar-refractivity contribution is 8.07. The van der Waals surface area contributed by atoms with Gasteiger partial charge in [-0.1, -0.05) is 53.7 Å². The largest absolute Gasteiger partial charge is 0.207 e. The molecule has 0 saturated heterocycles. The van der Waals surface area contributed by atoms with Crippen molar-refractivity contribution >= 4 is 22.4 Å². The van der Waals surface area contributed by atoms with Crippen LogP contribution in [0.5, 0.6) is 0 Å². The molecule has 0 amide bonds. The Morgan fingerprint density at radius 2 is 1.39 bits per heavy atom. The summed E-state index contributed by atoms with van der Waals surface area (Å²) >= 11 is 7.33. The van der Waals surface area contributed by atoms with Crippen molar-refractivity contribution in [2.24, 2.45) is 5.41 Å². The maximum atomic E-state index is 14.1. The van der Waals surface area contributed by atoms with Gasteiger partial charge in [-0.25, -0.2) is 4.39 Å². The Hall–Kier alpha value is -0.410. The maximum Gasteiger partial charge on any atom is 0.127 e. The van der Waals surface area contributed by atoms with Crippen molar-refractivity contribution in [2.75, 3.05) is 0 Å².